The highest BCUT2D eigenvalue weighted by Gasteiger charge is 2.08. The number of carbonyl (C=O) groups excluding carboxylic acids is 2. The Morgan fingerprint density at radius 1 is 1.05 bits per heavy atom. The van der Waals surface area contributed by atoms with Gasteiger partial charge in [0.1, 0.15) is 6.61 Å². The summed E-state index contributed by atoms with van der Waals surface area (Å²) in [5.74, 6) is -0.369. The number of rotatable bonds is 3. The maximum atomic E-state index is 11.5. The Labute approximate surface area is 114 Å². The maximum absolute atomic E-state index is 11.5. The minimum Gasteiger partial charge on any atom is -0.443 e. The van der Waals surface area contributed by atoms with Crippen LogP contribution in [0.15, 0.2) is 47.8 Å². The van der Waals surface area contributed by atoms with Crippen molar-refractivity contribution in [2.24, 2.45) is 0 Å². The fourth-order valence-electron chi connectivity index (χ4n) is 1.34. The smallest absolute Gasteiger partial charge is 0.426 e. The molecule has 0 radical (unpaired) electrons. The Morgan fingerprint density at radius 2 is 1.84 bits per heavy atom. The van der Waals surface area contributed by atoms with Gasteiger partial charge in [0.15, 0.2) is 0 Å². The van der Waals surface area contributed by atoms with E-state index in [1.54, 1.807) is 17.5 Å². The van der Waals surface area contributed by atoms with E-state index in [1.807, 2.05) is 30.3 Å². The monoisotopic (exact) mass is 276 g/mol. The van der Waals surface area contributed by atoms with E-state index in [0.717, 1.165) is 5.56 Å². The Balaban J connectivity index is 1.72. The molecule has 2 N–H and O–H groups in total. The van der Waals surface area contributed by atoms with Gasteiger partial charge < -0.3 is 4.74 Å². The standard InChI is InChI=1S/C13H12N2O3S/c16-12(11-7-4-8-19-11)14-15-13(17)18-9-10-5-2-1-3-6-10/h1-8H,9H2,(H,14,16)(H,15,17). The first-order chi connectivity index (χ1) is 9.25. The molecule has 0 aliphatic rings. The van der Waals surface area contributed by atoms with Crippen molar-refractivity contribution in [1.29, 1.82) is 0 Å². The summed E-state index contributed by atoms with van der Waals surface area (Å²) >= 11 is 1.29. The van der Waals surface area contributed by atoms with Crippen LogP contribution in [-0.4, -0.2) is 12.0 Å². The second-order valence-corrected chi connectivity index (χ2v) is 4.57. The summed E-state index contributed by atoms with van der Waals surface area (Å²) in [6.45, 7) is 0.154. The van der Waals surface area contributed by atoms with E-state index in [-0.39, 0.29) is 12.5 Å². The largest absolute Gasteiger partial charge is 0.443 e. The van der Waals surface area contributed by atoms with E-state index in [4.69, 9.17) is 4.74 Å². The maximum Gasteiger partial charge on any atom is 0.426 e. The molecule has 2 rings (SSSR count). The minimum atomic E-state index is -0.700. The van der Waals surface area contributed by atoms with Gasteiger partial charge >= 0.3 is 6.09 Å². The van der Waals surface area contributed by atoms with E-state index in [1.165, 1.54) is 11.3 Å². The van der Waals surface area contributed by atoms with Crippen LogP contribution in [0.4, 0.5) is 4.79 Å². The molecule has 5 nitrogen and oxygen atoms in total. The molecule has 98 valence electrons. The summed E-state index contributed by atoms with van der Waals surface area (Å²) < 4.78 is 4.93. The van der Waals surface area contributed by atoms with Gasteiger partial charge in [0, 0.05) is 0 Å². The predicted octanol–water partition coefficient (Wildman–Crippen LogP) is 2.32. The molecule has 19 heavy (non-hydrogen) atoms. The molecule has 0 aliphatic heterocycles. The van der Waals surface area contributed by atoms with Crippen molar-refractivity contribution in [1.82, 2.24) is 10.9 Å². The highest BCUT2D eigenvalue weighted by atomic mass is 32.1. The third kappa shape index (κ3) is 4.11. The number of carbonyl (C=O) groups is 2. The van der Waals surface area contributed by atoms with Gasteiger partial charge in [0.05, 0.1) is 4.88 Å². The van der Waals surface area contributed by atoms with Crippen LogP contribution >= 0.6 is 11.3 Å². The molecule has 2 amide bonds. The first-order valence-electron chi connectivity index (χ1n) is 5.56. The summed E-state index contributed by atoms with van der Waals surface area (Å²) in [5, 5.41) is 1.78. The molecule has 0 aliphatic carbocycles. The van der Waals surface area contributed by atoms with Crippen LogP contribution in [0.2, 0.25) is 0 Å². The van der Waals surface area contributed by atoms with Gasteiger partial charge in [-0.3, -0.25) is 10.2 Å². The number of benzene rings is 1. The highest BCUT2D eigenvalue weighted by Crippen LogP contribution is 2.07. The van der Waals surface area contributed by atoms with Gasteiger partial charge in [-0.2, -0.15) is 0 Å². The lowest BCUT2D eigenvalue weighted by molar-refractivity contribution is 0.0909. The Morgan fingerprint density at radius 3 is 2.53 bits per heavy atom. The zero-order chi connectivity index (χ0) is 13.5. The van der Waals surface area contributed by atoms with E-state index >= 15 is 0 Å². The average molecular weight is 276 g/mol. The van der Waals surface area contributed by atoms with Crippen molar-refractivity contribution in [2.75, 3.05) is 0 Å². The average Bonchev–Trinajstić information content (AvgIpc) is 2.98. The summed E-state index contributed by atoms with van der Waals surface area (Å²) in [6.07, 6.45) is -0.700. The van der Waals surface area contributed by atoms with E-state index in [2.05, 4.69) is 10.9 Å². The highest BCUT2D eigenvalue weighted by molar-refractivity contribution is 7.12. The minimum absolute atomic E-state index is 0.154. The summed E-state index contributed by atoms with van der Waals surface area (Å²) in [4.78, 5) is 23.4. The fourth-order valence-corrected chi connectivity index (χ4v) is 1.96. The Hall–Kier alpha value is -2.34. The molecule has 1 aromatic carbocycles. The number of hydrogen-bond donors (Lipinski definition) is 2. The molecule has 1 heterocycles. The molecule has 0 atom stereocenters. The first kappa shape index (κ1) is 13.1. The normalized spacial score (nSPS) is 9.68. The van der Waals surface area contributed by atoms with Gasteiger partial charge in [-0.1, -0.05) is 36.4 Å². The third-order valence-electron chi connectivity index (χ3n) is 2.24. The molecule has 0 bridgehead atoms. The van der Waals surface area contributed by atoms with Gasteiger partial charge in [-0.05, 0) is 17.0 Å². The van der Waals surface area contributed by atoms with Gasteiger partial charge in [0.25, 0.3) is 5.91 Å². The number of hydrazine groups is 1. The first-order valence-corrected chi connectivity index (χ1v) is 6.44. The van der Waals surface area contributed by atoms with E-state index in [0.29, 0.717) is 4.88 Å². The van der Waals surface area contributed by atoms with E-state index < -0.39 is 6.09 Å². The molecule has 0 saturated heterocycles. The van der Waals surface area contributed by atoms with Crippen molar-refractivity contribution < 1.29 is 14.3 Å². The molecule has 6 heteroatoms. The molecular weight excluding hydrogens is 264 g/mol. The number of ether oxygens (including phenoxy) is 1. The predicted molar refractivity (Wildman–Crippen MR) is 71.5 cm³/mol. The number of hydrogen-bond acceptors (Lipinski definition) is 4. The van der Waals surface area contributed by atoms with Crippen molar-refractivity contribution in [3.63, 3.8) is 0 Å². The van der Waals surface area contributed by atoms with Crippen LogP contribution < -0.4 is 10.9 Å². The van der Waals surface area contributed by atoms with Gasteiger partial charge in [0.2, 0.25) is 0 Å². The van der Waals surface area contributed by atoms with Gasteiger partial charge in [-0.15, -0.1) is 11.3 Å². The lowest BCUT2D eigenvalue weighted by Crippen LogP contribution is -2.41. The van der Waals surface area contributed by atoms with Crippen LogP contribution in [0.25, 0.3) is 0 Å². The van der Waals surface area contributed by atoms with Crippen LogP contribution in [-0.2, 0) is 11.3 Å². The molecular formula is C13H12N2O3S. The third-order valence-corrected chi connectivity index (χ3v) is 3.10. The van der Waals surface area contributed by atoms with Crippen molar-refractivity contribution in [3.8, 4) is 0 Å². The van der Waals surface area contributed by atoms with Crippen LogP contribution in [0, 0.1) is 0 Å². The lowest BCUT2D eigenvalue weighted by Gasteiger charge is -2.07. The van der Waals surface area contributed by atoms with Crippen LogP contribution in [0.3, 0.4) is 0 Å². The molecule has 0 saturated carbocycles. The van der Waals surface area contributed by atoms with Gasteiger partial charge in [-0.25, -0.2) is 10.2 Å². The van der Waals surface area contributed by atoms with Crippen molar-refractivity contribution in [3.05, 3.63) is 58.3 Å². The van der Waals surface area contributed by atoms with E-state index in [9.17, 15) is 9.59 Å². The zero-order valence-electron chi connectivity index (χ0n) is 9.96. The second-order valence-electron chi connectivity index (χ2n) is 3.62. The molecule has 0 fully saturated rings. The molecule has 0 unspecified atom stereocenters. The topological polar surface area (TPSA) is 67.4 Å². The van der Waals surface area contributed by atoms with Crippen molar-refractivity contribution in [2.45, 2.75) is 6.61 Å². The summed E-state index contributed by atoms with van der Waals surface area (Å²) in [7, 11) is 0. The molecule has 0 spiro atoms. The number of nitrogens with one attached hydrogen (secondary N) is 2. The quantitative estimate of drug-likeness (QED) is 0.845. The zero-order valence-corrected chi connectivity index (χ0v) is 10.8. The summed E-state index contributed by atoms with van der Waals surface area (Å²) in [5.41, 5.74) is 5.33. The summed E-state index contributed by atoms with van der Waals surface area (Å²) in [6, 6.07) is 12.7. The lowest BCUT2D eigenvalue weighted by atomic mass is 10.2. The Kier molecular flexibility index (Phi) is 4.52. The van der Waals surface area contributed by atoms with Crippen molar-refractivity contribution >= 4 is 23.3 Å². The Bertz CT molecular complexity index is 540. The number of thiophene rings is 1. The number of amides is 2. The molecule has 1 aromatic heterocycles. The molecule has 2 aromatic rings. The SMILES string of the molecule is O=C(NNC(=O)c1cccs1)OCc1ccccc1. The fraction of sp³-hybridized carbons (Fsp3) is 0.0769. The second kappa shape index (κ2) is 6.55. The van der Waals surface area contributed by atoms with Crippen LogP contribution in [0.5, 0.6) is 0 Å². The van der Waals surface area contributed by atoms with Crippen LogP contribution in [0.1, 0.15) is 15.2 Å².